The van der Waals surface area contributed by atoms with Crippen LogP contribution in [0.25, 0.3) is 0 Å². The fourth-order valence-corrected chi connectivity index (χ4v) is 5.18. The zero-order valence-electron chi connectivity index (χ0n) is 19.7. The van der Waals surface area contributed by atoms with Gasteiger partial charge in [0.2, 0.25) is 0 Å². The van der Waals surface area contributed by atoms with E-state index in [4.69, 9.17) is 0 Å². The summed E-state index contributed by atoms with van der Waals surface area (Å²) in [6.45, 7) is 4.33. The molecule has 0 aliphatic carbocycles. The monoisotopic (exact) mass is 476 g/mol. The third kappa shape index (κ3) is 5.20. The van der Waals surface area contributed by atoms with E-state index in [2.05, 4.69) is 14.8 Å². The minimum absolute atomic E-state index is 0.0124. The third-order valence-corrected chi connectivity index (χ3v) is 7.01. The summed E-state index contributed by atoms with van der Waals surface area (Å²) in [7, 11) is 0. The van der Waals surface area contributed by atoms with Crippen molar-refractivity contribution in [3.8, 4) is 0 Å². The van der Waals surface area contributed by atoms with E-state index in [1.807, 2.05) is 17.0 Å². The second-order valence-electron chi connectivity index (χ2n) is 9.26. The van der Waals surface area contributed by atoms with Crippen molar-refractivity contribution in [2.45, 2.75) is 25.3 Å². The Bertz CT molecular complexity index is 1090. The quantitative estimate of drug-likeness (QED) is 0.525. The number of carbonyl (C=O) groups excluding carboxylic acids is 1. The van der Waals surface area contributed by atoms with Crippen molar-refractivity contribution in [1.82, 2.24) is 14.8 Å². The smallest absolute Gasteiger partial charge is 0.257 e. The van der Waals surface area contributed by atoms with Crippen molar-refractivity contribution in [2.24, 2.45) is 0 Å². The number of halogens is 2. The molecule has 7 heteroatoms. The van der Waals surface area contributed by atoms with Gasteiger partial charge in [0.1, 0.15) is 17.5 Å². The SMILES string of the molecule is O=C(c1cccnc1N1CCCCC1)N1CCN(C(c2ccc(F)cc2)c2ccc(F)cc2)CC1. The normalized spacial score (nSPS) is 17.1. The number of piperidine rings is 1. The standard InChI is InChI=1S/C28H30F2N4O/c29-23-10-6-21(7-11-23)26(22-8-12-24(30)13-9-22)32-17-19-34(20-18-32)28(35)25-5-4-14-31-27(25)33-15-2-1-3-16-33/h4-14,26H,1-3,15-20H2. The number of benzene rings is 2. The predicted molar refractivity (Wildman–Crippen MR) is 132 cm³/mol. The summed E-state index contributed by atoms with van der Waals surface area (Å²) in [5.74, 6) is 0.222. The van der Waals surface area contributed by atoms with Crippen LogP contribution in [0.2, 0.25) is 0 Å². The van der Waals surface area contributed by atoms with E-state index < -0.39 is 0 Å². The average molecular weight is 477 g/mol. The van der Waals surface area contributed by atoms with Crippen LogP contribution in [0.3, 0.4) is 0 Å². The van der Waals surface area contributed by atoms with Gasteiger partial charge in [-0.05, 0) is 66.8 Å². The van der Waals surface area contributed by atoms with Crippen molar-refractivity contribution < 1.29 is 13.6 Å². The van der Waals surface area contributed by atoms with Gasteiger partial charge in [0.25, 0.3) is 5.91 Å². The van der Waals surface area contributed by atoms with Crippen LogP contribution < -0.4 is 4.90 Å². The van der Waals surface area contributed by atoms with E-state index in [1.165, 1.54) is 30.7 Å². The minimum atomic E-state index is -0.289. The summed E-state index contributed by atoms with van der Waals surface area (Å²) in [4.78, 5) is 24.5. The second-order valence-corrected chi connectivity index (χ2v) is 9.26. The summed E-state index contributed by atoms with van der Waals surface area (Å²) in [5, 5.41) is 0. The Labute approximate surface area is 205 Å². The van der Waals surface area contributed by atoms with Crippen molar-refractivity contribution >= 4 is 11.7 Å². The number of hydrogen-bond donors (Lipinski definition) is 0. The van der Waals surface area contributed by atoms with Gasteiger partial charge in [-0.2, -0.15) is 0 Å². The molecule has 2 aromatic carbocycles. The van der Waals surface area contributed by atoms with Gasteiger partial charge in [0.05, 0.1) is 11.6 Å². The van der Waals surface area contributed by atoms with Crippen LogP contribution in [0.5, 0.6) is 0 Å². The molecule has 2 aliphatic heterocycles. The molecule has 35 heavy (non-hydrogen) atoms. The number of pyridine rings is 1. The number of piperazine rings is 1. The van der Waals surface area contributed by atoms with Gasteiger partial charge in [-0.1, -0.05) is 24.3 Å². The molecule has 2 aliphatic rings. The summed E-state index contributed by atoms with van der Waals surface area (Å²) in [6.07, 6.45) is 5.22. The molecule has 0 saturated carbocycles. The zero-order chi connectivity index (χ0) is 24.2. The van der Waals surface area contributed by atoms with E-state index in [-0.39, 0.29) is 23.6 Å². The number of nitrogens with zero attached hydrogens (tertiary/aromatic N) is 4. The lowest BCUT2D eigenvalue weighted by molar-refractivity contribution is 0.0597. The van der Waals surface area contributed by atoms with Crippen LogP contribution in [-0.2, 0) is 0 Å². The highest BCUT2D eigenvalue weighted by molar-refractivity contribution is 5.99. The molecule has 0 N–H and O–H groups in total. The fourth-order valence-electron chi connectivity index (χ4n) is 5.18. The lowest BCUT2D eigenvalue weighted by atomic mass is 9.96. The Balaban J connectivity index is 1.33. The van der Waals surface area contributed by atoms with Gasteiger partial charge < -0.3 is 9.80 Å². The first-order valence-electron chi connectivity index (χ1n) is 12.3. The lowest BCUT2D eigenvalue weighted by Gasteiger charge is -2.40. The Morgan fingerprint density at radius 3 is 1.89 bits per heavy atom. The van der Waals surface area contributed by atoms with E-state index in [9.17, 15) is 13.6 Å². The van der Waals surface area contributed by atoms with E-state index in [0.29, 0.717) is 31.7 Å². The first-order valence-corrected chi connectivity index (χ1v) is 12.3. The minimum Gasteiger partial charge on any atom is -0.356 e. The van der Waals surface area contributed by atoms with Crippen LogP contribution in [0, 0.1) is 11.6 Å². The first-order chi connectivity index (χ1) is 17.1. The summed E-state index contributed by atoms with van der Waals surface area (Å²) in [5.41, 5.74) is 2.55. The molecule has 2 saturated heterocycles. The van der Waals surface area contributed by atoms with Crippen LogP contribution in [0.1, 0.15) is 46.8 Å². The Morgan fingerprint density at radius 2 is 1.31 bits per heavy atom. The van der Waals surface area contributed by atoms with Crippen molar-refractivity contribution in [3.63, 3.8) is 0 Å². The van der Waals surface area contributed by atoms with E-state index >= 15 is 0 Å². The fraction of sp³-hybridized carbons (Fsp3) is 0.357. The van der Waals surface area contributed by atoms with Crippen molar-refractivity contribution in [3.05, 3.63) is 95.2 Å². The van der Waals surface area contributed by atoms with Crippen LogP contribution in [0.15, 0.2) is 66.9 Å². The maximum Gasteiger partial charge on any atom is 0.257 e. The highest BCUT2D eigenvalue weighted by Gasteiger charge is 2.30. The summed E-state index contributed by atoms with van der Waals surface area (Å²) in [6, 6.07) is 16.5. The molecule has 182 valence electrons. The molecule has 0 spiro atoms. The molecule has 1 aromatic heterocycles. The number of aromatic nitrogens is 1. The molecule has 1 amide bonds. The Kier molecular flexibility index (Phi) is 7.04. The summed E-state index contributed by atoms with van der Waals surface area (Å²) >= 11 is 0. The molecule has 0 unspecified atom stereocenters. The molecule has 5 nitrogen and oxygen atoms in total. The third-order valence-electron chi connectivity index (χ3n) is 7.01. The highest BCUT2D eigenvalue weighted by atomic mass is 19.1. The number of rotatable bonds is 5. The molecular weight excluding hydrogens is 446 g/mol. The van der Waals surface area contributed by atoms with Crippen molar-refractivity contribution in [1.29, 1.82) is 0 Å². The largest absolute Gasteiger partial charge is 0.356 e. The summed E-state index contributed by atoms with van der Waals surface area (Å²) < 4.78 is 27.2. The van der Waals surface area contributed by atoms with Crippen LogP contribution in [0.4, 0.5) is 14.6 Å². The topological polar surface area (TPSA) is 39.7 Å². The van der Waals surface area contributed by atoms with Crippen LogP contribution in [-0.4, -0.2) is 60.0 Å². The van der Waals surface area contributed by atoms with Gasteiger partial charge in [-0.25, -0.2) is 13.8 Å². The maximum absolute atomic E-state index is 13.6. The number of anilines is 1. The predicted octanol–water partition coefficient (Wildman–Crippen LogP) is 4.90. The lowest BCUT2D eigenvalue weighted by Crippen LogP contribution is -2.50. The Morgan fingerprint density at radius 1 is 0.743 bits per heavy atom. The van der Waals surface area contributed by atoms with Gasteiger partial charge in [-0.3, -0.25) is 9.69 Å². The van der Waals surface area contributed by atoms with Crippen molar-refractivity contribution in [2.75, 3.05) is 44.2 Å². The molecule has 0 atom stereocenters. The van der Waals surface area contributed by atoms with Gasteiger partial charge in [0, 0.05) is 45.5 Å². The van der Waals surface area contributed by atoms with E-state index in [1.54, 1.807) is 30.5 Å². The second kappa shape index (κ2) is 10.5. The first kappa shape index (κ1) is 23.4. The molecule has 0 bridgehead atoms. The molecule has 5 rings (SSSR count). The maximum atomic E-state index is 13.6. The molecule has 2 fully saturated rings. The highest BCUT2D eigenvalue weighted by Crippen LogP contribution is 2.31. The van der Waals surface area contributed by atoms with Crippen LogP contribution >= 0.6 is 0 Å². The van der Waals surface area contributed by atoms with E-state index in [0.717, 1.165) is 42.9 Å². The molecular formula is C28H30F2N4O. The molecule has 0 radical (unpaired) electrons. The molecule has 3 aromatic rings. The number of amides is 1. The Hall–Kier alpha value is -3.32. The number of hydrogen-bond acceptors (Lipinski definition) is 4. The average Bonchev–Trinajstić information content (AvgIpc) is 2.91. The molecule has 3 heterocycles. The number of carbonyl (C=O) groups is 1. The van der Waals surface area contributed by atoms with Gasteiger partial charge in [-0.15, -0.1) is 0 Å². The van der Waals surface area contributed by atoms with Gasteiger partial charge >= 0.3 is 0 Å². The zero-order valence-corrected chi connectivity index (χ0v) is 19.7. The van der Waals surface area contributed by atoms with Gasteiger partial charge in [0.15, 0.2) is 0 Å².